The van der Waals surface area contributed by atoms with Gasteiger partial charge in [0.05, 0.1) is 6.61 Å². The highest BCUT2D eigenvalue weighted by Crippen LogP contribution is 2.41. The van der Waals surface area contributed by atoms with Crippen molar-refractivity contribution in [2.75, 3.05) is 32.8 Å². The van der Waals surface area contributed by atoms with Crippen LogP contribution in [-0.4, -0.2) is 60.4 Å². The third kappa shape index (κ3) is 5.70. The lowest BCUT2D eigenvalue weighted by molar-refractivity contribution is -0.121. The number of nitrogens with zero attached hydrogens (tertiary/aromatic N) is 2. The minimum atomic E-state index is -0.671. The first kappa shape index (κ1) is 26.6. The summed E-state index contributed by atoms with van der Waals surface area (Å²) in [5.41, 5.74) is 6.57. The van der Waals surface area contributed by atoms with Gasteiger partial charge in [-0.25, -0.2) is 8.78 Å². The second-order valence-corrected chi connectivity index (χ2v) is 11.6. The van der Waals surface area contributed by atoms with E-state index >= 15 is 4.39 Å². The molecule has 0 unspecified atom stereocenters. The van der Waals surface area contributed by atoms with E-state index in [1.54, 1.807) is 6.07 Å². The third-order valence-electron chi connectivity index (χ3n) is 8.65. The van der Waals surface area contributed by atoms with Crippen LogP contribution in [0.1, 0.15) is 62.2 Å². The molecule has 1 saturated carbocycles. The van der Waals surface area contributed by atoms with Crippen molar-refractivity contribution < 1.29 is 23.1 Å². The summed E-state index contributed by atoms with van der Waals surface area (Å²) in [6.45, 7) is 6.55. The van der Waals surface area contributed by atoms with Crippen LogP contribution in [0.2, 0.25) is 0 Å². The fourth-order valence-corrected chi connectivity index (χ4v) is 6.14. The van der Waals surface area contributed by atoms with Crippen LogP contribution in [0.25, 0.3) is 11.1 Å². The Bertz CT molecular complexity index is 1190. The number of hydrogen-bond acceptors (Lipinski definition) is 4. The smallest absolute Gasteiger partial charge is 0.254 e. The lowest BCUT2D eigenvalue weighted by atomic mass is 9.70. The zero-order chi connectivity index (χ0) is 26.9. The fourth-order valence-electron chi connectivity index (χ4n) is 6.14. The number of likely N-dealkylation sites (tertiary alicyclic amines) is 2. The van der Waals surface area contributed by atoms with Gasteiger partial charge in [-0.3, -0.25) is 9.59 Å². The van der Waals surface area contributed by atoms with Crippen molar-refractivity contribution in [2.45, 2.75) is 57.9 Å². The first-order valence-corrected chi connectivity index (χ1v) is 13.8. The summed E-state index contributed by atoms with van der Waals surface area (Å²) >= 11 is 0. The molecule has 1 aliphatic carbocycles. The van der Waals surface area contributed by atoms with E-state index in [-0.39, 0.29) is 16.9 Å². The van der Waals surface area contributed by atoms with Crippen LogP contribution in [0.4, 0.5) is 8.78 Å². The summed E-state index contributed by atoms with van der Waals surface area (Å²) in [5.74, 6) is -1.62. The highest BCUT2D eigenvalue weighted by Gasteiger charge is 2.35. The molecule has 8 heteroatoms. The van der Waals surface area contributed by atoms with Gasteiger partial charge in [-0.05, 0) is 92.8 Å². The largest absolute Gasteiger partial charge is 0.490 e. The summed E-state index contributed by atoms with van der Waals surface area (Å²) in [6, 6.07) is 7.85. The number of nitrogens with two attached hydrogens (primary N) is 1. The van der Waals surface area contributed by atoms with E-state index in [1.165, 1.54) is 55.0 Å². The predicted octanol–water partition coefficient (Wildman–Crippen LogP) is 5.00. The number of carbonyl (C=O) groups is 2. The second-order valence-electron chi connectivity index (χ2n) is 11.6. The average Bonchev–Trinajstić information content (AvgIpc) is 3.38. The number of ether oxygens (including phenoxy) is 1. The minimum Gasteiger partial charge on any atom is -0.490 e. The summed E-state index contributed by atoms with van der Waals surface area (Å²) in [6.07, 6.45) is 7.27. The van der Waals surface area contributed by atoms with E-state index < -0.39 is 29.5 Å². The molecule has 5 rings (SSSR count). The van der Waals surface area contributed by atoms with Crippen LogP contribution in [-0.2, 0) is 4.79 Å². The van der Waals surface area contributed by atoms with Gasteiger partial charge in [0.2, 0.25) is 5.91 Å². The summed E-state index contributed by atoms with van der Waals surface area (Å²) < 4.78 is 35.7. The molecule has 1 atom stereocenters. The molecule has 0 radical (unpaired) electrons. The zero-order valence-corrected chi connectivity index (χ0v) is 22.1. The van der Waals surface area contributed by atoms with Crippen molar-refractivity contribution >= 4 is 11.8 Å². The molecule has 3 aliphatic rings. The van der Waals surface area contributed by atoms with Crippen molar-refractivity contribution in [3.8, 4) is 16.9 Å². The summed E-state index contributed by atoms with van der Waals surface area (Å²) in [4.78, 5) is 28.4. The first-order valence-electron chi connectivity index (χ1n) is 13.8. The average molecular weight is 526 g/mol. The predicted molar refractivity (Wildman–Crippen MR) is 142 cm³/mol. The Morgan fingerprint density at radius 2 is 1.76 bits per heavy atom. The van der Waals surface area contributed by atoms with E-state index in [2.05, 4.69) is 11.8 Å². The van der Waals surface area contributed by atoms with Crippen molar-refractivity contribution in [1.29, 1.82) is 0 Å². The quantitative estimate of drug-likeness (QED) is 0.526. The molecular weight excluding hydrogens is 488 g/mol. The van der Waals surface area contributed by atoms with Gasteiger partial charge in [0.25, 0.3) is 5.91 Å². The molecule has 0 bridgehead atoms. The Morgan fingerprint density at radius 1 is 1.00 bits per heavy atom. The highest BCUT2D eigenvalue weighted by atomic mass is 19.1. The Kier molecular flexibility index (Phi) is 7.70. The van der Waals surface area contributed by atoms with E-state index in [9.17, 15) is 14.0 Å². The second kappa shape index (κ2) is 11.0. The van der Waals surface area contributed by atoms with E-state index in [1.807, 2.05) is 0 Å². The molecule has 3 fully saturated rings. The number of halogens is 2. The number of carbonyl (C=O) groups excluding carboxylic acids is 2. The molecule has 2 N–H and O–H groups in total. The lowest BCUT2D eigenvalue weighted by Crippen LogP contribution is -2.44. The topological polar surface area (TPSA) is 75.9 Å². The maximum absolute atomic E-state index is 15.0. The van der Waals surface area contributed by atoms with Crippen molar-refractivity contribution in [1.82, 2.24) is 9.80 Å². The maximum Gasteiger partial charge on any atom is 0.254 e. The van der Waals surface area contributed by atoms with E-state index in [4.69, 9.17) is 10.5 Å². The maximum atomic E-state index is 15.0. The van der Waals surface area contributed by atoms with Gasteiger partial charge in [0.1, 0.15) is 11.9 Å². The number of piperidine rings is 1. The van der Waals surface area contributed by atoms with Crippen LogP contribution in [0.3, 0.4) is 0 Å². The number of amides is 2. The van der Waals surface area contributed by atoms with Crippen molar-refractivity contribution in [2.24, 2.45) is 17.1 Å². The normalized spacial score (nSPS) is 21.8. The fraction of sp³-hybridized carbons (Fsp3) is 0.533. The van der Waals surface area contributed by atoms with Crippen molar-refractivity contribution in [3.05, 3.63) is 53.6 Å². The standard InChI is InChI=1S/C30H37F2N3O3/c1-30(11-3-12-30)19-34-14-9-20(10-15-34)18-38-27-8-6-21(16-25(27)32)23-7-5-22(17-24(23)31)29(37)35-13-2-4-26(35)28(33)36/h5-8,16-17,20,26H,2-4,9-15,18-19H2,1H3,(H2,33,36)/t26-/m0/s1. The minimum absolute atomic E-state index is 0.132. The summed E-state index contributed by atoms with van der Waals surface area (Å²) in [7, 11) is 0. The van der Waals surface area contributed by atoms with E-state index in [0.717, 1.165) is 32.0 Å². The first-order chi connectivity index (χ1) is 18.2. The van der Waals surface area contributed by atoms with Gasteiger partial charge in [-0.1, -0.05) is 25.5 Å². The number of benzene rings is 2. The molecule has 204 valence electrons. The van der Waals surface area contributed by atoms with Crippen LogP contribution in [0.15, 0.2) is 36.4 Å². The number of rotatable bonds is 8. The Morgan fingerprint density at radius 3 is 2.39 bits per heavy atom. The monoisotopic (exact) mass is 525 g/mol. The molecule has 0 aromatic heterocycles. The molecule has 2 heterocycles. The van der Waals surface area contributed by atoms with Gasteiger partial charge in [-0.15, -0.1) is 0 Å². The molecule has 38 heavy (non-hydrogen) atoms. The van der Waals surface area contributed by atoms with Gasteiger partial charge in [-0.2, -0.15) is 0 Å². The SMILES string of the molecule is CC1(CN2CCC(COc3ccc(-c4ccc(C(=O)N5CCC[C@H]5C(N)=O)cc4F)cc3F)CC2)CCC1. The molecular formula is C30H37F2N3O3. The summed E-state index contributed by atoms with van der Waals surface area (Å²) in [5, 5.41) is 0. The molecule has 6 nitrogen and oxygen atoms in total. The van der Waals surface area contributed by atoms with Gasteiger partial charge < -0.3 is 20.3 Å². The van der Waals surface area contributed by atoms with Crippen LogP contribution in [0.5, 0.6) is 5.75 Å². The Balaban J connectivity index is 1.17. The molecule has 2 aromatic carbocycles. The number of primary amides is 1. The van der Waals surface area contributed by atoms with Gasteiger partial charge >= 0.3 is 0 Å². The van der Waals surface area contributed by atoms with Crippen molar-refractivity contribution in [3.63, 3.8) is 0 Å². The van der Waals surface area contributed by atoms with Crippen LogP contribution >= 0.6 is 0 Å². The van der Waals surface area contributed by atoms with E-state index in [0.29, 0.717) is 42.9 Å². The molecule has 2 aliphatic heterocycles. The van der Waals surface area contributed by atoms with Crippen LogP contribution < -0.4 is 10.5 Å². The third-order valence-corrected chi connectivity index (χ3v) is 8.65. The molecule has 0 spiro atoms. The van der Waals surface area contributed by atoms with Gasteiger partial charge in [0.15, 0.2) is 11.6 Å². The molecule has 2 amide bonds. The number of hydrogen-bond donors (Lipinski definition) is 1. The highest BCUT2D eigenvalue weighted by molar-refractivity contribution is 5.98. The Labute approximate surface area is 223 Å². The van der Waals surface area contributed by atoms with Gasteiger partial charge in [0, 0.05) is 24.2 Å². The zero-order valence-electron chi connectivity index (χ0n) is 22.1. The van der Waals surface area contributed by atoms with Crippen LogP contribution in [0, 0.1) is 23.0 Å². The molecule has 2 saturated heterocycles. The molecule has 2 aromatic rings. The Hall–Kier alpha value is -3.00. The lowest BCUT2D eigenvalue weighted by Gasteiger charge is -2.44.